The van der Waals surface area contributed by atoms with Crippen LogP contribution in [0.5, 0.6) is 0 Å². The van der Waals surface area contributed by atoms with E-state index in [1.54, 1.807) is 6.92 Å². The lowest BCUT2D eigenvalue weighted by Gasteiger charge is -2.29. The first-order valence-electron chi connectivity index (χ1n) is 7.37. The van der Waals surface area contributed by atoms with E-state index in [1.165, 1.54) is 24.0 Å². The molecule has 1 N–H and O–H groups in total. The molecule has 0 saturated carbocycles. The molecule has 1 amide bonds. The second-order valence-corrected chi connectivity index (χ2v) is 5.73. The van der Waals surface area contributed by atoms with Gasteiger partial charge in [-0.2, -0.15) is 0 Å². The van der Waals surface area contributed by atoms with Crippen molar-refractivity contribution in [2.24, 2.45) is 0 Å². The van der Waals surface area contributed by atoms with Crippen LogP contribution in [0.25, 0.3) is 0 Å². The lowest BCUT2D eigenvalue weighted by Crippen LogP contribution is -2.33. The number of carbonyl (C=O) groups excluding carboxylic acids is 1. The van der Waals surface area contributed by atoms with Crippen molar-refractivity contribution >= 4 is 11.6 Å². The molecule has 0 spiro atoms. The van der Waals surface area contributed by atoms with Crippen LogP contribution >= 0.6 is 0 Å². The van der Waals surface area contributed by atoms with E-state index in [-0.39, 0.29) is 5.91 Å². The number of hydrogen-bond donors (Lipinski definition) is 1. The highest BCUT2D eigenvalue weighted by Crippen LogP contribution is 2.29. The van der Waals surface area contributed by atoms with Crippen LogP contribution in [-0.2, 0) is 17.6 Å². The molecule has 3 nitrogen and oxygen atoms in total. The SMILES string of the molecule is CC(=O)N1CCCc2ccc(CC3CCCN3)cc21. The van der Waals surface area contributed by atoms with Gasteiger partial charge in [-0.1, -0.05) is 12.1 Å². The minimum absolute atomic E-state index is 0.164. The fourth-order valence-electron chi connectivity index (χ4n) is 3.29. The van der Waals surface area contributed by atoms with Gasteiger partial charge >= 0.3 is 0 Å². The molecule has 19 heavy (non-hydrogen) atoms. The van der Waals surface area contributed by atoms with Crippen molar-refractivity contribution in [2.45, 2.75) is 45.1 Å². The fourth-order valence-corrected chi connectivity index (χ4v) is 3.29. The minimum Gasteiger partial charge on any atom is -0.314 e. The van der Waals surface area contributed by atoms with Gasteiger partial charge in [-0.05, 0) is 55.8 Å². The minimum atomic E-state index is 0.164. The summed E-state index contributed by atoms with van der Waals surface area (Å²) in [7, 11) is 0. The molecule has 1 atom stereocenters. The number of hydrogen-bond acceptors (Lipinski definition) is 2. The van der Waals surface area contributed by atoms with E-state index in [4.69, 9.17) is 0 Å². The maximum Gasteiger partial charge on any atom is 0.223 e. The largest absolute Gasteiger partial charge is 0.314 e. The molecular weight excluding hydrogens is 236 g/mol. The average Bonchev–Trinajstić information content (AvgIpc) is 2.90. The Balaban J connectivity index is 1.84. The number of aryl methyl sites for hydroxylation is 1. The Hall–Kier alpha value is -1.35. The molecule has 3 heteroatoms. The third-order valence-electron chi connectivity index (χ3n) is 4.29. The Morgan fingerprint density at radius 1 is 1.42 bits per heavy atom. The van der Waals surface area contributed by atoms with Crippen molar-refractivity contribution in [1.29, 1.82) is 0 Å². The molecule has 1 fully saturated rings. The Morgan fingerprint density at radius 3 is 3.05 bits per heavy atom. The van der Waals surface area contributed by atoms with E-state index >= 15 is 0 Å². The zero-order valence-electron chi connectivity index (χ0n) is 11.6. The molecule has 2 aliphatic heterocycles. The molecule has 1 unspecified atom stereocenters. The quantitative estimate of drug-likeness (QED) is 0.882. The number of anilines is 1. The van der Waals surface area contributed by atoms with Crippen LogP contribution in [0.1, 0.15) is 37.3 Å². The molecule has 102 valence electrons. The number of fused-ring (bicyclic) bond motifs is 1. The van der Waals surface area contributed by atoms with Crippen LogP contribution in [0.15, 0.2) is 18.2 Å². The highest BCUT2D eigenvalue weighted by molar-refractivity contribution is 5.92. The summed E-state index contributed by atoms with van der Waals surface area (Å²) in [5, 5.41) is 3.54. The van der Waals surface area contributed by atoms with Crippen molar-refractivity contribution in [3.8, 4) is 0 Å². The number of rotatable bonds is 2. The van der Waals surface area contributed by atoms with Gasteiger partial charge in [0, 0.05) is 25.2 Å². The van der Waals surface area contributed by atoms with Crippen LogP contribution in [-0.4, -0.2) is 25.0 Å². The molecule has 3 rings (SSSR count). The average molecular weight is 258 g/mol. The van der Waals surface area contributed by atoms with Gasteiger partial charge in [0.05, 0.1) is 0 Å². The van der Waals surface area contributed by atoms with Crippen LogP contribution in [0, 0.1) is 0 Å². The summed E-state index contributed by atoms with van der Waals surface area (Å²) in [5.41, 5.74) is 3.82. The molecular formula is C16H22N2O. The van der Waals surface area contributed by atoms with Crippen LogP contribution in [0.3, 0.4) is 0 Å². The predicted molar refractivity (Wildman–Crippen MR) is 77.5 cm³/mol. The van der Waals surface area contributed by atoms with Crippen molar-refractivity contribution < 1.29 is 4.79 Å². The number of amides is 1. The third kappa shape index (κ3) is 2.66. The fraction of sp³-hybridized carbons (Fsp3) is 0.562. The van der Waals surface area contributed by atoms with Crippen molar-refractivity contribution in [1.82, 2.24) is 5.32 Å². The monoisotopic (exact) mass is 258 g/mol. The Kier molecular flexibility index (Phi) is 3.56. The van der Waals surface area contributed by atoms with Crippen LogP contribution < -0.4 is 10.2 Å². The van der Waals surface area contributed by atoms with Gasteiger partial charge in [0.25, 0.3) is 0 Å². The number of nitrogens with zero attached hydrogens (tertiary/aromatic N) is 1. The Labute approximate surface area is 115 Å². The summed E-state index contributed by atoms with van der Waals surface area (Å²) < 4.78 is 0. The van der Waals surface area contributed by atoms with E-state index in [1.807, 2.05) is 4.90 Å². The highest BCUT2D eigenvalue weighted by Gasteiger charge is 2.21. The topological polar surface area (TPSA) is 32.3 Å². The van der Waals surface area contributed by atoms with Gasteiger partial charge in [0.15, 0.2) is 0 Å². The van der Waals surface area contributed by atoms with E-state index in [2.05, 4.69) is 23.5 Å². The third-order valence-corrected chi connectivity index (χ3v) is 4.29. The summed E-state index contributed by atoms with van der Waals surface area (Å²) >= 11 is 0. The molecule has 2 aliphatic rings. The zero-order chi connectivity index (χ0) is 13.2. The molecule has 2 heterocycles. The maximum atomic E-state index is 11.7. The lowest BCUT2D eigenvalue weighted by molar-refractivity contribution is -0.116. The molecule has 1 aromatic rings. The standard InChI is InChI=1S/C16H22N2O/c1-12(19)18-9-3-4-14-7-6-13(11-16(14)18)10-15-5-2-8-17-15/h6-7,11,15,17H,2-5,8-10H2,1H3. The highest BCUT2D eigenvalue weighted by atomic mass is 16.2. The number of benzene rings is 1. The van der Waals surface area contributed by atoms with Crippen molar-refractivity contribution in [3.63, 3.8) is 0 Å². The predicted octanol–water partition coefficient (Wildman–Crippen LogP) is 2.28. The molecule has 0 aromatic heterocycles. The van der Waals surface area contributed by atoms with Gasteiger partial charge < -0.3 is 10.2 Å². The first-order chi connectivity index (χ1) is 9.24. The molecule has 0 aliphatic carbocycles. The Morgan fingerprint density at radius 2 is 2.32 bits per heavy atom. The van der Waals surface area contributed by atoms with Crippen molar-refractivity contribution in [3.05, 3.63) is 29.3 Å². The smallest absolute Gasteiger partial charge is 0.223 e. The van der Waals surface area contributed by atoms with Gasteiger partial charge in [-0.3, -0.25) is 4.79 Å². The van der Waals surface area contributed by atoms with E-state index < -0.39 is 0 Å². The van der Waals surface area contributed by atoms with Crippen LogP contribution in [0.4, 0.5) is 5.69 Å². The molecule has 0 bridgehead atoms. The lowest BCUT2D eigenvalue weighted by atomic mass is 9.96. The van der Waals surface area contributed by atoms with E-state index in [0.717, 1.165) is 38.0 Å². The zero-order valence-corrected chi connectivity index (χ0v) is 11.6. The first kappa shape index (κ1) is 12.7. The molecule has 0 radical (unpaired) electrons. The summed E-state index contributed by atoms with van der Waals surface area (Å²) in [6.07, 6.45) is 5.82. The normalized spacial score (nSPS) is 22.4. The summed E-state index contributed by atoms with van der Waals surface area (Å²) in [6, 6.07) is 7.31. The molecule has 1 aromatic carbocycles. The van der Waals surface area contributed by atoms with Crippen LogP contribution in [0.2, 0.25) is 0 Å². The first-order valence-corrected chi connectivity index (χ1v) is 7.37. The van der Waals surface area contributed by atoms with Gasteiger partial charge in [0.1, 0.15) is 0 Å². The summed E-state index contributed by atoms with van der Waals surface area (Å²) in [5.74, 6) is 0.164. The van der Waals surface area contributed by atoms with E-state index in [0.29, 0.717) is 6.04 Å². The summed E-state index contributed by atoms with van der Waals surface area (Å²) in [4.78, 5) is 13.7. The second-order valence-electron chi connectivity index (χ2n) is 5.73. The maximum absolute atomic E-state index is 11.7. The van der Waals surface area contributed by atoms with Crippen molar-refractivity contribution in [2.75, 3.05) is 18.0 Å². The van der Waals surface area contributed by atoms with Gasteiger partial charge in [-0.25, -0.2) is 0 Å². The Bertz CT molecular complexity index is 478. The van der Waals surface area contributed by atoms with Gasteiger partial charge in [0.2, 0.25) is 5.91 Å². The summed E-state index contributed by atoms with van der Waals surface area (Å²) in [6.45, 7) is 3.68. The molecule has 1 saturated heterocycles. The number of carbonyl (C=O) groups is 1. The van der Waals surface area contributed by atoms with E-state index in [9.17, 15) is 4.79 Å². The van der Waals surface area contributed by atoms with Gasteiger partial charge in [-0.15, -0.1) is 0 Å². The second kappa shape index (κ2) is 5.33. The number of nitrogens with one attached hydrogen (secondary N) is 1.